The molecule has 2 aromatic carbocycles. The molecule has 0 bridgehead atoms. The zero-order valence-corrected chi connectivity index (χ0v) is 20.4. The van der Waals surface area contributed by atoms with E-state index in [1.165, 1.54) is 5.69 Å². The van der Waals surface area contributed by atoms with Gasteiger partial charge in [0.2, 0.25) is 0 Å². The number of amides is 1. The normalized spacial score (nSPS) is 16.6. The SMILES string of the molecule is CN1CCN(c2ccc(-c3cnc4[nH]cc(-c5ccc(C(=O)N(C)C6CC6)cc5)c4c3)cc2)CC1. The first-order valence-electron chi connectivity index (χ1n) is 12.5. The fourth-order valence-electron chi connectivity index (χ4n) is 4.95. The van der Waals surface area contributed by atoms with E-state index in [1.807, 2.05) is 48.6 Å². The number of anilines is 1. The molecule has 1 saturated heterocycles. The highest BCUT2D eigenvalue weighted by molar-refractivity contribution is 5.98. The highest BCUT2D eigenvalue weighted by Gasteiger charge is 2.30. The summed E-state index contributed by atoms with van der Waals surface area (Å²) in [4.78, 5) is 27.4. The molecule has 2 fully saturated rings. The molecular weight excluding hydrogens is 434 g/mol. The second kappa shape index (κ2) is 8.86. The predicted molar refractivity (Wildman–Crippen MR) is 142 cm³/mol. The van der Waals surface area contributed by atoms with Gasteiger partial charge in [-0.2, -0.15) is 0 Å². The van der Waals surface area contributed by atoms with E-state index in [0.29, 0.717) is 6.04 Å². The van der Waals surface area contributed by atoms with E-state index in [2.05, 4.69) is 57.1 Å². The summed E-state index contributed by atoms with van der Waals surface area (Å²) in [6.45, 7) is 4.34. The number of fused-ring (bicyclic) bond motifs is 1. The number of hydrogen-bond donors (Lipinski definition) is 1. The van der Waals surface area contributed by atoms with Crippen LogP contribution in [0.3, 0.4) is 0 Å². The molecule has 4 aromatic rings. The zero-order valence-electron chi connectivity index (χ0n) is 20.4. The Morgan fingerprint density at radius 3 is 2.31 bits per heavy atom. The number of nitrogens with zero attached hydrogens (tertiary/aromatic N) is 4. The molecule has 0 atom stereocenters. The molecule has 35 heavy (non-hydrogen) atoms. The van der Waals surface area contributed by atoms with Crippen molar-refractivity contribution in [3.63, 3.8) is 0 Å². The zero-order chi connectivity index (χ0) is 23.9. The quantitative estimate of drug-likeness (QED) is 0.456. The molecule has 3 heterocycles. The van der Waals surface area contributed by atoms with Gasteiger partial charge in [-0.1, -0.05) is 24.3 Å². The number of likely N-dealkylation sites (N-methyl/N-ethyl adjacent to an activating group) is 1. The molecule has 1 aliphatic heterocycles. The van der Waals surface area contributed by atoms with Crippen LogP contribution in [0.2, 0.25) is 0 Å². The Balaban J connectivity index is 1.25. The van der Waals surface area contributed by atoms with Crippen LogP contribution in [0, 0.1) is 0 Å². The number of aromatic nitrogens is 2. The molecule has 0 unspecified atom stereocenters. The van der Waals surface area contributed by atoms with Gasteiger partial charge in [-0.3, -0.25) is 4.79 Å². The highest BCUT2D eigenvalue weighted by Crippen LogP contribution is 2.32. The summed E-state index contributed by atoms with van der Waals surface area (Å²) >= 11 is 0. The van der Waals surface area contributed by atoms with E-state index in [4.69, 9.17) is 0 Å². The lowest BCUT2D eigenvalue weighted by Gasteiger charge is -2.34. The molecule has 1 N–H and O–H groups in total. The van der Waals surface area contributed by atoms with E-state index in [9.17, 15) is 4.79 Å². The van der Waals surface area contributed by atoms with Gasteiger partial charge >= 0.3 is 0 Å². The molecule has 6 heteroatoms. The van der Waals surface area contributed by atoms with Gasteiger partial charge in [0.25, 0.3) is 5.91 Å². The van der Waals surface area contributed by atoms with Gasteiger partial charge in [-0.25, -0.2) is 4.98 Å². The van der Waals surface area contributed by atoms with Crippen LogP contribution in [0.1, 0.15) is 23.2 Å². The van der Waals surface area contributed by atoms with Crippen molar-refractivity contribution in [3.8, 4) is 22.3 Å². The lowest BCUT2D eigenvalue weighted by molar-refractivity contribution is 0.0785. The van der Waals surface area contributed by atoms with Crippen LogP contribution in [-0.4, -0.2) is 72.0 Å². The number of pyridine rings is 1. The van der Waals surface area contributed by atoms with Crippen LogP contribution in [-0.2, 0) is 0 Å². The van der Waals surface area contributed by atoms with Gasteiger partial charge in [-0.15, -0.1) is 0 Å². The summed E-state index contributed by atoms with van der Waals surface area (Å²) in [6.07, 6.45) is 6.17. The molecular formula is C29H31N5O. The Morgan fingerprint density at radius 1 is 0.943 bits per heavy atom. The molecule has 1 aliphatic carbocycles. The molecule has 6 nitrogen and oxygen atoms in total. The van der Waals surface area contributed by atoms with Crippen molar-refractivity contribution in [2.75, 3.05) is 45.2 Å². The Hall–Kier alpha value is -3.64. The summed E-state index contributed by atoms with van der Waals surface area (Å²) in [5, 5.41) is 1.08. The monoisotopic (exact) mass is 465 g/mol. The maximum Gasteiger partial charge on any atom is 0.253 e. The van der Waals surface area contributed by atoms with Gasteiger partial charge < -0.3 is 19.7 Å². The topological polar surface area (TPSA) is 55.5 Å². The smallest absolute Gasteiger partial charge is 0.253 e. The van der Waals surface area contributed by atoms with Gasteiger partial charge in [0, 0.05) is 79.4 Å². The minimum absolute atomic E-state index is 0.0990. The first-order chi connectivity index (χ1) is 17.1. The minimum Gasteiger partial charge on any atom is -0.369 e. The number of H-pyrrole nitrogens is 1. The summed E-state index contributed by atoms with van der Waals surface area (Å²) in [5.74, 6) is 0.0990. The predicted octanol–water partition coefficient (Wildman–Crippen LogP) is 4.88. The summed E-state index contributed by atoms with van der Waals surface area (Å²) in [5.41, 5.74) is 7.31. The second-order valence-electron chi connectivity index (χ2n) is 9.88. The van der Waals surface area contributed by atoms with E-state index < -0.39 is 0 Å². The molecule has 0 spiro atoms. The van der Waals surface area contributed by atoms with E-state index in [1.54, 1.807) is 0 Å². The Labute approximate surface area is 206 Å². The van der Waals surface area contributed by atoms with Crippen molar-refractivity contribution in [2.45, 2.75) is 18.9 Å². The number of benzene rings is 2. The van der Waals surface area contributed by atoms with Crippen LogP contribution in [0.25, 0.3) is 33.3 Å². The lowest BCUT2D eigenvalue weighted by Crippen LogP contribution is -2.44. The molecule has 2 aromatic heterocycles. The van der Waals surface area contributed by atoms with Crippen LogP contribution in [0.4, 0.5) is 5.69 Å². The average Bonchev–Trinajstić information content (AvgIpc) is 3.67. The number of rotatable bonds is 5. The van der Waals surface area contributed by atoms with Crippen molar-refractivity contribution < 1.29 is 4.79 Å². The van der Waals surface area contributed by atoms with Crippen molar-refractivity contribution >= 4 is 22.6 Å². The fraction of sp³-hybridized carbons (Fsp3) is 0.310. The molecule has 0 radical (unpaired) electrons. The third kappa shape index (κ3) is 4.30. The van der Waals surface area contributed by atoms with Gasteiger partial charge in [0.15, 0.2) is 0 Å². The van der Waals surface area contributed by atoms with Crippen LogP contribution < -0.4 is 4.90 Å². The average molecular weight is 466 g/mol. The Bertz CT molecular complexity index is 1350. The van der Waals surface area contributed by atoms with Crippen molar-refractivity contribution in [2.24, 2.45) is 0 Å². The van der Waals surface area contributed by atoms with Gasteiger partial charge in [0.1, 0.15) is 5.65 Å². The van der Waals surface area contributed by atoms with Gasteiger partial charge in [-0.05, 0) is 61.3 Å². The van der Waals surface area contributed by atoms with Crippen molar-refractivity contribution in [3.05, 3.63) is 72.6 Å². The van der Waals surface area contributed by atoms with Crippen LogP contribution in [0.5, 0.6) is 0 Å². The molecule has 1 amide bonds. The Morgan fingerprint density at radius 2 is 1.63 bits per heavy atom. The maximum atomic E-state index is 12.7. The largest absolute Gasteiger partial charge is 0.369 e. The number of nitrogens with one attached hydrogen (secondary N) is 1. The van der Waals surface area contributed by atoms with E-state index in [-0.39, 0.29) is 5.91 Å². The van der Waals surface area contributed by atoms with E-state index >= 15 is 0 Å². The maximum absolute atomic E-state index is 12.7. The fourth-order valence-corrected chi connectivity index (χ4v) is 4.95. The third-order valence-electron chi connectivity index (χ3n) is 7.46. The summed E-state index contributed by atoms with van der Waals surface area (Å²) in [6, 6.07) is 19.4. The van der Waals surface area contributed by atoms with Crippen LogP contribution >= 0.6 is 0 Å². The molecule has 6 rings (SSSR count). The third-order valence-corrected chi connectivity index (χ3v) is 7.46. The first-order valence-corrected chi connectivity index (χ1v) is 12.5. The summed E-state index contributed by atoms with van der Waals surface area (Å²) in [7, 11) is 4.08. The van der Waals surface area contributed by atoms with Crippen LogP contribution in [0.15, 0.2) is 67.0 Å². The lowest BCUT2D eigenvalue weighted by atomic mass is 10.0. The minimum atomic E-state index is 0.0990. The summed E-state index contributed by atoms with van der Waals surface area (Å²) < 4.78 is 0. The first kappa shape index (κ1) is 21.9. The number of carbonyl (C=O) groups is 1. The number of piperazine rings is 1. The second-order valence-corrected chi connectivity index (χ2v) is 9.88. The number of hydrogen-bond acceptors (Lipinski definition) is 4. The van der Waals surface area contributed by atoms with E-state index in [0.717, 1.165) is 77.9 Å². The number of aromatic amines is 1. The molecule has 2 aliphatic rings. The Kier molecular flexibility index (Phi) is 5.53. The van der Waals surface area contributed by atoms with Crippen molar-refractivity contribution in [1.29, 1.82) is 0 Å². The molecule has 1 saturated carbocycles. The highest BCUT2D eigenvalue weighted by atomic mass is 16.2. The standard InChI is InChI=1S/C29H31N5O/c1-32-13-15-34(16-14-32)25-9-7-20(8-10-25)23-17-26-27(19-31-28(26)30-18-23)21-3-5-22(6-4-21)29(35)33(2)24-11-12-24/h3-10,17-19,24H,11-16H2,1-2H3,(H,30,31). The molecule has 178 valence electrons. The van der Waals surface area contributed by atoms with Crippen molar-refractivity contribution in [1.82, 2.24) is 19.8 Å². The van der Waals surface area contributed by atoms with Gasteiger partial charge in [0.05, 0.1) is 0 Å². The number of carbonyl (C=O) groups excluding carboxylic acids is 1.